The zero-order chi connectivity index (χ0) is 14.4. The van der Waals surface area contributed by atoms with Crippen LogP contribution in [0, 0.1) is 16.7 Å². The first kappa shape index (κ1) is 14.1. The largest absolute Gasteiger partial charge is 0.381 e. The van der Waals surface area contributed by atoms with Crippen molar-refractivity contribution in [3.05, 3.63) is 36.8 Å². The van der Waals surface area contributed by atoms with Gasteiger partial charge in [0.15, 0.2) is 5.82 Å². The second-order valence-corrected chi connectivity index (χ2v) is 5.50. The highest BCUT2D eigenvalue weighted by Gasteiger charge is 2.18. The van der Waals surface area contributed by atoms with E-state index in [1.54, 1.807) is 17.1 Å². The molecule has 0 unspecified atom stereocenters. The minimum atomic E-state index is 0.0625. The molecule has 2 rings (SSSR count). The van der Waals surface area contributed by atoms with Crippen LogP contribution in [-0.4, -0.2) is 21.3 Å². The Bertz CT molecular complexity index is 581. The lowest BCUT2D eigenvalue weighted by atomic mass is 9.88. The van der Waals surface area contributed by atoms with E-state index < -0.39 is 0 Å². The lowest BCUT2D eigenvalue weighted by molar-refractivity contribution is 0.363. The van der Waals surface area contributed by atoms with Gasteiger partial charge in [-0.1, -0.05) is 13.8 Å². The highest BCUT2D eigenvalue weighted by Crippen LogP contribution is 2.24. The Morgan fingerprint density at radius 1 is 1.35 bits per heavy atom. The fourth-order valence-electron chi connectivity index (χ4n) is 1.93. The zero-order valence-corrected chi connectivity index (χ0v) is 11.9. The van der Waals surface area contributed by atoms with E-state index in [-0.39, 0.29) is 5.41 Å². The molecule has 0 aliphatic heterocycles. The Balaban J connectivity index is 2.09. The molecule has 0 aliphatic carbocycles. The molecule has 2 aromatic rings. The Morgan fingerprint density at radius 3 is 2.90 bits per heavy atom. The number of nitriles is 1. The molecule has 0 saturated carbocycles. The average Bonchev–Trinajstić information content (AvgIpc) is 2.97. The van der Waals surface area contributed by atoms with Gasteiger partial charge in [-0.3, -0.25) is 0 Å². The van der Waals surface area contributed by atoms with E-state index >= 15 is 0 Å². The predicted molar refractivity (Wildman–Crippen MR) is 78.5 cm³/mol. The van der Waals surface area contributed by atoms with Crippen LogP contribution >= 0.6 is 0 Å². The molecule has 2 heterocycles. The van der Waals surface area contributed by atoms with Gasteiger partial charge in [-0.05, 0) is 30.0 Å². The third kappa shape index (κ3) is 3.58. The van der Waals surface area contributed by atoms with Crippen molar-refractivity contribution in [2.75, 3.05) is 11.9 Å². The number of rotatable bonds is 6. The maximum absolute atomic E-state index is 8.69. The second-order valence-electron chi connectivity index (χ2n) is 5.50. The summed E-state index contributed by atoms with van der Waals surface area (Å²) in [7, 11) is 0. The quantitative estimate of drug-likeness (QED) is 0.875. The minimum absolute atomic E-state index is 0.0625. The number of anilines is 1. The third-order valence-electron chi connectivity index (χ3n) is 3.18. The van der Waals surface area contributed by atoms with Crippen LogP contribution in [0.1, 0.15) is 26.7 Å². The molecular formula is C15H19N5. The number of nitrogens with one attached hydrogen (secondary N) is 1. The van der Waals surface area contributed by atoms with E-state index in [1.165, 1.54) is 0 Å². The second kappa shape index (κ2) is 6.20. The minimum Gasteiger partial charge on any atom is -0.381 e. The zero-order valence-electron chi connectivity index (χ0n) is 11.9. The molecule has 2 aromatic heterocycles. The summed E-state index contributed by atoms with van der Waals surface area (Å²) >= 11 is 0. The third-order valence-corrected chi connectivity index (χ3v) is 3.18. The summed E-state index contributed by atoms with van der Waals surface area (Å²) in [5.41, 5.74) is 1.01. The highest BCUT2D eigenvalue weighted by molar-refractivity contribution is 5.56. The monoisotopic (exact) mass is 269 g/mol. The van der Waals surface area contributed by atoms with Gasteiger partial charge in [-0.25, -0.2) is 9.67 Å². The Labute approximate surface area is 119 Å². The van der Waals surface area contributed by atoms with Crippen molar-refractivity contribution in [1.29, 1.82) is 5.26 Å². The van der Waals surface area contributed by atoms with Gasteiger partial charge in [0.1, 0.15) is 0 Å². The van der Waals surface area contributed by atoms with Crippen molar-refractivity contribution in [1.82, 2.24) is 14.8 Å². The number of nitrogens with zero attached hydrogens (tertiary/aromatic N) is 4. The van der Waals surface area contributed by atoms with Crippen LogP contribution in [0.4, 0.5) is 5.69 Å². The van der Waals surface area contributed by atoms with E-state index in [2.05, 4.69) is 35.3 Å². The Hall–Kier alpha value is -2.35. The number of hydrogen-bond donors (Lipinski definition) is 1. The SMILES string of the molecule is CC(C)(CCC#N)CNc1cccnc1-n1cccn1. The van der Waals surface area contributed by atoms with Gasteiger partial charge in [0.2, 0.25) is 0 Å². The van der Waals surface area contributed by atoms with Crippen molar-refractivity contribution >= 4 is 5.69 Å². The normalized spacial score (nSPS) is 11.1. The molecule has 0 atom stereocenters. The lowest BCUT2D eigenvalue weighted by Crippen LogP contribution is -2.23. The van der Waals surface area contributed by atoms with Crippen LogP contribution in [0.25, 0.3) is 5.82 Å². The summed E-state index contributed by atoms with van der Waals surface area (Å²) in [5, 5.41) is 16.3. The van der Waals surface area contributed by atoms with Gasteiger partial charge in [0.05, 0.1) is 11.8 Å². The summed E-state index contributed by atoms with van der Waals surface area (Å²) in [5.74, 6) is 0.786. The van der Waals surface area contributed by atoms with Crippen molar-refractivity contribution in [2.24, 2.45) is 5.41 Å². The number of pyridine rings is 1. The topological polar surface area (TPSA) is 66.5 Å². The van der Waals surface area contributed by atoms with Crippen LogP contribution in [0.15, 0.2) is 36.8 Å². The summed E-state index contributed by atoms with van der Waals surface area (Å²) in [6.45, 7) is 5.09. The average molecular weight is 269 g/mol. The van der Waals surface area contributed by atoms with Crippen molar-refractivity contribution in [3.8, 4) is 11.9 Å². The van der Waals surface area contributed by atoms with Gasteiger partial charge in [-0.15, -0.1) is 0 Å². The number of aromatic nitrogens is 3. The Kier molecular flexibility index (Phi) is 4.36. The van der Waals surface area contributed by atoms with E-state index in [0.717, 1.165) is 24.5 Å². The Morgan fingerprint density at radius 2 is 2.20 bits per heavy atom. The summed E-state index contributed by atoms with van der Waals surface area (Å²) < 4.78 is 1.74. The van der Waals surface area contributed by atoms with Crippen molar-refractivity contribution < 1.29 is 0 Å². The van der Waals surface area contributed by atoms with Crippen LogP contribution < -0.4 is 5.32 Å². The molecule has 0 saturated heterocycles. The molecule has 104 valence electrons. The first-order valence-corrected chi connectivity index (χ1v) is 6.68. The maximum atomic E-state index is 8.69. The molecule has 20 heavy (non-hydrogen) atoms. The molecular weight excluding hydrogens is 250 g/mol. The molecule has 0 bridgehead atoms. The van der Waals surface area contributed by atoms with Gasteiger partial charge in [-0.2, -0.15) is 10.4 Å². The van der Waals surface area contributed by atoms with Crippen LogP contribution in [0.3, 0.4) is 0 Å². The predicted octanol–water partition coefficient (Wildman–Crippen LogP) is 3.01. The number of hydrogen-bond acceptors (Lipinski definition) is 4. The smallest absolute Gasteiger partial charge is 0.176 e. The van der Waals surface area contributed by atoms with Crippen LogP contribution in [-0.2, 0) is 0 Å². The van der Waals surface area contributed by atoms with Gasteiger partial charge in [0, 0.05) is 31.6 Å². The van der Waals surface area contributed by atoms with Gasteiger partial charge in [0.25, 0.3) is 0 Å². The highest BCUT2D eigenvalue weighted by atomic mass is 15.3. The molecule has 0 amide bonds. The molecule has 0 aromatic carbocycles. The van der Waals surface area contributed by atoms with Crippen LogP contribution in [0.2, 0.25) is 0 Å². The summed E-state index contributed by atoms with van der Waals surface area (Å²) in [6, 6.07) is 7.96. The standard InChI is InChI=1S/C15H19N5/c1-15(2,7-4-8-16)12-18-13-6-3-9-17-14(13)20-11-5-10-19-20/h3,5-6,9-11,18H,4,7,12H2,1-2H3. The fraction of sp³-hybridized carbons (Fsp3) is 0.400. The van der Waals surface area contributed by atoms with E-state index in [9.17, 15) is 0 Å². The lowest BCUT2D eigenvalue weighted by Gasteiger charge is -2.25. The van der Waals surface area contributed by atoms with Crippen molar-refractivity contribution in [3.63, 3.8) is 0 Å². The molecule has 5 heteroatoms. The van der Waals surface area contributed by atoms with Gasteiger partial charge >= 0.3 is 0 Å². The molecule has 0 fully saturated rings. The summed E-state index contributed by atoms with van der Waals surface area (Å²) in [6.07, 6.45) is 6.80. The van der Waals surface area contributed by atoms with E-state index in [1.807, 2.05) is 24.4 Å². The molecule has 0 aliphatic rings. The van der Waals surface area contributed by atoms with Gasteiger partial charge < -0.3 is 5.32 Å². The first-order chi connectivity index (χ1) is 9.62. The van der Waals surface area contributed by atoms with Crippen LogP contribution in [0.5, 0.6) is 0 Å². The van der Waals surface area contributed by atoms with E-state index in [4.69, 9.17) is 5.26 Å². The summed E-state index contributed by atoms with van der Waals surface area (Å²) in [4.78, 5) is 4.37. The molecule has 0 radical (unpaired) electrons. The van der Waals surface area contributed by atoms with E-state index in [0.29, 0.717) is 6.42 Å². The maximum Gasteiger partial charge on any atom is 0.176 e. The molecule has 0 spiro atoms. The van der Waals surface area contributed by atoms with Crippen molar-refractivity contribution in [2.45, 2.75) is 26.7 Å². The first-order valence-electron chi connectivity index (χ1n) is 6.68. The molecule has 1 N–H and O–H groups in total. The molecule has 5 nitrogen and oxygen atoms in total. The fourth-order valence-corrected chi connectivity index (χ4v) is 1.93.